The molecular weight excluding hydrogens is 528 g/mol. The molecule has 0 aliphatic heterocycles. The average Bonchev–Trinajstić information content (AvgIpc) is 3.00. The molecule has 254 valence electrons. The van der Waals surface area contributed by atoms with Crippen LogP contribution in [0.3, 0.4) is 0 Å². The molecule has 0 aliphatic rings. The van der Waals surface area contributed by atoms with E-state index in [2.05, 4.69) is 38.2 Å². The van der Waals surface area contributed by atoms with Gasteiger partial charge >= 0.3 is 5.97 Å². The van der Waals surface area contributed by atoms with Gasteiger partial charge in [-0.3, -0.25) is 9.59 Å². The van der Waals surface area contributed by atoms with E-state index in [0.717, 1.165) is 19.3 Å². The molecule has 2 atom stereocenters. The minimum absolute atomic E-state index is 0.0576. The number of carbonyl (C=O) groups excluding carboxylic acids is 2. The number of ether oxygens (including phenoxy) is 1. The Bertz CT molecular complexity index is 636. The molecule has 2 unspecified atom stereocenters. The van der Waals surface area contributed by atoms with Gasteiger partial charge in [0.25, 0.3) is 0 Å². The summed E-state index contributed by atoms with van der Waals surface area (Å²) in [7, 11) is 1.47. The van der Waals surface area contributed by atoms with Crippen LogP contribution < -0.4 is 0 Å². The Morgan fingerprint density at radius 2 is 0.791 bits per heavy atom. The largest absolute Gasteiger partial charge is 0.469 e. The summed E-state index contributed by atoms with van der Waals surface area (Å²) in [5.41, 5.74) is 0. The van der Waals surface area contributed by atoms with Crippen molar-refractivity contribution >= 4 is 11.8 Å². The second-order valence-corrected chi connectivity index (χ2v) is 13.0. The molecular formula is C40H76O3. The number of hydrogen-bond donors (Lipinski definition) is 0. The number of Topliss-reactive ketones (excluding diaryl/α,β-unsaturated/α-hetero) is 1. The van der Waals surface area contributed by atoms with E-state index >= 15 is 0 Å². The summed E-state index contributed by atoms with van der Waals surface area (Å²) in [6, 6.07) is 0. The maximum Gasteiger partial charge on any atom is 0.308 e. The molecule has 0 rings (SSSR count). The summed E-state index contributed by atoms with van der Waals surface area (Å²) in [6.07, 6.45) is 43.1. The quantitative estimate of drug-likeness (QED) is 0.0465. The molecule has 0 aromatic rings. The van der Waals surface area contributed by atoms with Gasteiger partial charge in [0.05, 0.1) is 13.0 Å². The van der Waals surface area contributed by atoms with Crippen molar-refractivity contribution in [1.29, 1.82) is 0 Å². The molecule has 0 aliphatic carbocycles. The minimum Gasteiger partial charge on any atom is -0.469 e. The molecule has 3 nitrogen and oxygen atoms in total. The SMILES string of the molecule is CCCCCCCC/C=C\CCCCCCC(C)C(=O)OC.CCCCCCCC/C=C\CCCCCCC(C)C(C)=O. The van der Waals surface area contributed by atoms with Crippen molar-refractivity contribution < 1.29 is 14.3 Å². The first-order valence-corrected chi connectivity index (χ1v) is 18.8. The zero-order valence-corrected chi connectivity index (χ0v) is 30.1. The molecule has 0 amide bonds. The summed E-state index contributed by atoms with van der Waals surface area (Å²) < 4.78 is 4.73. The van der Waals surface area contributed by atoms with Crippen molar-refractivity contribution in [1.82, 2.24) is 0 Å². The van der Waals surface area contributed by atoms with Crippen molar-refractivity contribution in [2.45, 2.75) is 202 Å². The number of esters is 1. The molecule has 3 heteroatoms. The van der Waals surface area contributed by atoms with E-state index in [1.807, 2.05) is 13.8 Å². The fraction of sp³-hybridized carbons (Fsp3) is 0.850. The van der Waals surface area contributed by atoms with Gasteiger partial charge in [-0.05, 0) is 71.1 Å². The van der Waals surface area contributed by atoms with Gasteiger partial charge in [0.15, 0.2) is 0 Å². The first-order valence-electron chi connectivity index (χ1n) is 18.8. The molecule has 0 saturated heterocycles. The molecule has 0 heterocycles. The van der Waals surface area contributed by atoms with Crippen molar-refractivity contribution in [3.05, 3.63) is 24.3 Å². The number of methoxy groups -OCH3 is 1. The van der Waals surface area contributed by atoms with Crippen LogP contribution in [0.15, 0.2) is 24.3 Å². The lowest BCUT2D eigenvalue weighted by atomic mass is 9.99. The number of carbonyl (C=O) groups is 2. The predicted molar refractivity (Wildman–Crippen MR) is 191 cm³/mol. The van der Waals surface area contributed by atoms with E-state index in [-0.39, 0.29) is 17.8 Å². The Kier molecular flexibility index (Phi) is 37.4. The highest BCUT2D eigenvalue weighted by molar-refractivity contribution is 5.77. The van der Waals surface area contributed by atoms with E-state index < -0.39 is 0 Å². The highest BCUT2D eigenvalue weighted by atomic mass is 16.5. The monoisotopic (exact) mass is 605 g/mol. The van der Waals surface area contributed by atoms with Crippen LogP contribution in [0.25, 0.3) is 0 Å². The molecule has 0 saturated carbocycles. The van der Waals surface area contributed by atoms with Crippen LogP contribution >= 0.6 is 0 Å². The van der Waals surface area contributed by atoms with Gasteiger partial charge in [-0.25, -0.2) is 0 Å². The fourth-order valence-electron chi connectivity index (χ4n) is 5.21. The van der Waals surface area contributed by atoms with E-state index in [4.69, 9.17) is 4.74 Å². The molecule has 0 fully saturated rings. The number of hydrogen-bond acceptors (Lipinski definition) is 3. The van der Waals surface area contributed by atoms with Crippen LogP contribution in [0.1, 0.15) is 202 Å². The fourth-order valence-corrected chi connectivity index (χ4v) is 5.21. The van der Waals surface area contributed by atoms with Crippen LogP contribution in [0.4, 0.5) is 0 Å². The highest BCUT2D eigenvalue weighted by Gasteiger charge is 2.11. The van der Waals surface area contributed by atoms with Crippen LogP contribution in [0, 0.1) is 11.8 Å². The number of rotatable bonds is 30. The minimum atomic E-state index is -0.0716. The van der Waals surface area contributed by atoms with Gasteiger partial charge < -0.3 is 4.74 Å². The smallest absolute Gasteiger partial charge is 0.308 e. The van der Waals surface area contributed by atoms with Gasteiger partial charge in [-0.15, -0.1) is 0 Å². The van der Waals surface area contributed by atoms with Gasteiger partial charge in [-0.2, -0.15) is 0 Å². The molecule has 0 aromatic carbocycles. The van der Waals surface area contributed by atoms with E-state index in [1.54, 1.807) is 6.92 Å². The van der Waals surface area contributed by atoms with Crippen LogP contribution in [0.2, 0.25) is 0 Å². The van der Waals surface area contributed by atoms with E-state index in [9.17, 15) is 9.59 Å². The average molecular weight is 605 g/mol. The lowest BCUT2D eigenvalue weighted by molar-refractivity contribution is -0.145. The van der Waals surface area contributed by atoms with Crippen molar-refractivity contribution in [2.24, 2.45) is 11.8 Å². The molecule has 0 bridgehead atoms. The van der Waals surface area contributed by atoms with E-state index in [1.165, 1.54) is 155 Å². The predicted octanol–water partition coefficient (Wildman–Crippen LogP) is 13.3. The summed E-state index contributed by atoms with van der Waals surface area (Å²) in [5, 5.41) is 0. The second-order valence-electron chi connectivity index (χ2n) is 13.0. The topological polar surface area (TPSA) is 43.4 Å². The molecule has 0 radical (unpaired) electrons. The van der Waals surface area contributed by atoms with Crippen molar-refractivity contribution in [3.63, 3.8) is 0 Å². The summed E-state index contributed by atoms with van der Waals surface area (Å²) in [6.45, 7) is 10.2. The van der Waals surface area contributed by atoms with Crippen molar-refractivity contribution in [2.75, 3.05) is 7.11 Å². The van der Waals surface area contributed by atoms with Crippen LogP contribution in [0.5, 0.6) is 0 Å². The van der Waals surface area contributed by atoms with Crippen LogP contribution in [-0.2, 0) is 14.3 Å². The van der Waals surface area contributed by atoms with Gasteiger partial charge in [0, 0.05) is 5.92 Å². The van der Waals surface area contributed by atoms with Gasteiger partial charge in [0.2, 0.25) is 0 Å². The Morgan fingerprint density at radius 1 is 0.488 bits per heavy atom. The molecule has 43 heavy (non-hydrogen) atoms. The third kappa shape index (κ3) is 36.7. The third-order valence-corrected chi connectivity index (χ3v) is 8.60. The number of ketones is 1. The summed E-state index contributed by atoms with van der Waals surface area (Å²) >= 11 is 0. The molecule has 0 spiro atoms. The maximum absolute atomic E-state index is 11.2. The zero-order valence-electron chi connectivity index (χ0n) is 30.1. The summed E-state index contributed by atoms with van der Waals surface area (Å²) in [5.74, 6) is 0.592. The van der Waals surface area contributed by atoms with Crippen LogP contribution in [-0.4, -0.2) is 18.9 Å². The van der Waals surface area contributed by atoms with Gasteiger partial charge in [-0.1, -0.05) is 155 Å². The first-order chi connectivity index (χ1) is 20.9. The summed E-state index contributed by atoms with van der Waals surface area (Å²) in [4.78, 5) is 22.3. The Labute approximate surface area is 270 Å². The standard InChI is InChI=1S/C20H38O2.C20H38O/c1-4-5-6-7-8-9-10-11-12-13-14-15-16-17-18-19(2)20(21)22-3;1-4-5-6-7-8-9-10-11-12-13-14-15-16-17-18-19(2)20(3)21/h11-12,19H,4-10,13-18H2,1-3H3;11-12,19H,4-10,13-18H2,1-3H3/b2*12-11-. The second kappa shape index (κ2) is 36.8. The normalized spacial score (nSPS) is 12.8. The first kappa shape index (κ1) is 43.7. The Hall–Kier alpha value is -1.38. The third-order valence-electron chi connectivity index (χ3n) is 8.60. The molecule has 0 N–H and O–H groups in total. The van der Waals surface area contributed by atoms with Gasteiger partial charge in [0.1, 0.15) is 5.78 Å². The van der Waals surface area contributed by atoms with Crippen molar-refractivity contribution in [3.8, 4) is 0 Å². The zero-order chi connectivity index (χ0) is 32.2. The molecule has 0 aromatic heterocycles. The maximum atomic E-state index is 11.2. The lowest BCUT2D eigenvalue weighted by Crippen LogP contribution is -2.12. The Balaban J connectivity index is 0. The highest BCUT2D eigenvalue weighted by Crippen LogP contribution is 2.14. The lowest BCUT2D eigenvalue weighted by Gasteiger charge is -2.08. The van der Waals surface area contributed by atoms with E-state index in [0.29, 0.717) is 5.78 Å². The Morgan fingerprint density at radius 3 is 1.12 bits per heavy atom. The number of unbranched alkanes of at least 4 members (excludes halogenated alkanes) is 20. The number of allylic oxidation sites excluding steroid dienone is 4.